The minimum atomic E-state index is -2.43. The van der Waals surface area contributed by atoms with Gasteiger partial charge < -0.3 is 4.74 Å². The van der Waals surface area contributed by atoms with E-state index in [1.54, 1.807) is 0 Å². The molecule has 6 heteroatoms. The van der Waals surface area contributed by atoms with Crippen molar-refractivity contribution in [3.8, 4) is 0 Å². The summed E-state index contributed by atoms with van der Waals surface area (Å²) < 4.78 is 42.5. The van der Waals surface area contributed by atoms with Gasteiger partial charge in [-0.2, -0.15) is 8.78 Å². The Labute approximate surface area is 103 Å². The van der Waals surface area contributed by atoms with Crippen LogP contribution in [0.4, 0.5) is 13.2 Å². The third kappa shape index (κ3) is 4.22. The fraction of sp³-hybridized carbons (Fsp3) is 0.727. The Kier molecular flexibility index (Phi) is 5.82. The van der Waals surface area contributed by atoms with Crippen molar-refractivity contribution in [2.45, 2.75) is 38.2 Å². The normalized spacial score (nSPS) is 18.6. The van der Waals surface area contributed by atoms with Crippen LogP contribution in [0.15, 0.2) is 11.9 Å². The van der Waals surface area contributed by atoms with Gasteiger partial charge in [0, 0.05) is 5.92 Å². The van der Waals surface area contributed by atoms with Crippen molar-refractivity contribution in [2.75, 3.05) is 5.88 Å². The summed E-state index contributed by atoms with van der Waals surface area (Å²) in [6.07, 6.45) is -0.0750. The molecule has 1 fully saturated rings. The Morgan fingerprint density at radius 3 is 2.29 bits per heavy atom. The monoisotopic (exact) mass is 270 g/mol. The van der Waals surface area contributed by atoms with Gasteiger partial charge in [-0.25, -0.2) is 4.39 Å². The lowest BCUT2D eigenvalue weighted by Crippen LogP contribution is -2.30. The van der Waals surface area contributed by atoms with E-state index in [0.29, 0.717) is 12.8 Å². The molecule has 0 aromatic carbocycles. The van der Waals surface area contributed by atoms with Crippen LogP contribution >= 0.6 is 11.6 Å². The summed E-state index contributed by atoms with van der Waals surface area (Å²) in [4.78, 5) is 11.0. The highest BCUT2D eigenvalue weighted by molar-refractivity contribution is 6.26. The second kappa shape index (κ2) is 6.89. The summed E-state index contributed by atoms with van der Waals surface area (Å²) in [6, 6.07) is 0. The van der Waals surface area contributed by atoms with E-state index < -0.39 is 29.9 Å². The third-order valence-electron chi connectivity index (χ3n) is 2.88. The van der Waals surface area contributed by atoms with Crippen LogP contribution in [0.5, 0.6) is 0 Å². The first-order valence-electron chi connectivity index (χ1n) is 5.52. The van der Waals surface area contributed by atoms with Crippen LogP contribution in [0, 0.1) is 5.92 Å². The van der Waals surface area contributed by atoms with Crippen molar-refractivity contribution in [1.29, 1.82) is 0 Å². The number of hydrogen-bond acceptors (Lipinski definition) is 2. The summed E-state index contributed by atoms with van der Waals surface area (Å²) in [6.45, 7) is 0. The summed E-state index contributed by atoms with van der Waals surface area (Å²) in [5.74, 6) is -3.36. The molecule has 1 rings (SSSR count). The number of carbonyl (C=O) groups is 1. The standard InChI is InChI=1S/C11H14ClF3O2/c12-6-8(16)17-10(9(13)11(14)15)7-4-2-1-3-5-7/h7,10H,1-6H2/t10-/m0/s1. The molecule has 0 unspecified atom stereocenters. The quantitative estimate of drug-likeness (QED) is 0.574. The number of esters is 1. The second-order valence-corrected chi connectivity index (χ2v) is 4.32. The maximum absolute atomic E-state index is 13.3. The minimum absolute atomic E-state index is 0.377. The predicted octanol–water partition coefficient (Wildman–Crippen LogP) is 3.79. The fourth-order valence-corrected chi connectivity index (χ4v) is 2.14. The molecule has 0 aromatic heterocycles. The fourth-order valence-electron chi connectivity index (χ4n) is 2.07. The van der Waals surface area contributed by atoms with Gasteiger partial charge in [0.2, 0.25) is 5.83 Å². The molecule has 1 saturated carbocycles. The maximum atomic E-state index is 13.3. The number of carbonyl (C=O) groups excluding carboxylic acids is 1. The van der Waals surface area contributed by atoms with Crippen LogP contribution in [0.1, 0.15) is 32.1 Å². The van der Waals surface area contributed by atoms with Crippen LogP contribution in [0.2, 0.25) is 0 Å². The van der Waals surface area contributed by atoms with Gasteiger partial charge >= 0.3 is 12.0 Å². The molecule has 0 heterocycles. The Bertz CT molecular complexity index is 297. The molecule has 0 radical (unpaired) electrons. The molecular weight excluding hydrogens is 257 g/mol. The SMILES string of the molecule is O=C(CCl)O[C@H](C(F)=C(F)F)C1CCCCC1. The molecule has 1 aliphatic carbocycles. The van der Waals surface area contributed by atoms with Crippen LogP contribution in [-0.2, 0) is 9.53 Å². The zero-order chi connectivity index (χ0) is 12.8. The van der Waals surface area contributed by atoms with Gasteiger partial charge in [0.05, 0.1) is 0 Å². The topological polar surface area (TPSA) is 26.3 Å². The highest BCUT2D eigenvalue weighted by Crippen LogP contribution is 2.33. The third-order valence-corrected chi connectivity index (χ3v) is 3.09. The molecule has 0 spiro atoms. The van der Waals surface area contributed by atoms with E-state index in [4.69, 9.17) is 11.6 Å². The van der Waals surface area contributed by atoms with Gasteiger partial charge in [-0.3, -0.25) is 4.79 Å². The van der Waals surface area contributed by atoms with E-state index in [-0.39, 0.29) is 5.92 Å². The molecule has 2 nitrogen and oxygen atoms in total. The second-order valence-electron chi connectivity index (χ2n) is 4.05. The number of ether oxygens (including phenoxy) is 1. The van der Waals surface area contributed by atoms with Crippen molar-refractivity contribution in [3.05, 3.63) is 11.9 Å². The van der Waals surface area contributed by atoms with Gasteiger partial charge in [0.15, 0.2) is 6.10 Å². The lowest BCUT2D eigenvalue weighted by molar-refractivity contribution is -0.148. The van der Waals surface area contributed by atoms with Gasteiger partial charge in [0.25, 0.3) is 0 Å². The van der Waals surface area contributed by atoms with Crippen LogP contribution < -0.4 is 0 Å². The maximum Gasteiger partial charge on any atom is 0.321 e. The van der Waals surface area contributed by atoms with Crippen LogP contribution in [-0.4, -0.2) is 18.0 Å². The number of rotatable bonds is 4. The van der Waals surface area contributed by atoms with E-state index in [1.165, 1.54) is 0 Å². The van der Waals surface area contributed by atoms with Crippen LogP contribution in [0.25, 0.3) is 0 Å². The Balaban J connectivity index is 2.77. The largest absolute Gasteiger partial charge is 0.454 e. The Hall–Kier alpha value is -0.710. The zero-order valence-corrected chi connectivity index (χ0v) is 9.98. The zero-order valence-electron chi connectivity index (χ0n) is 9.23. The summed E-state index contributed by atoms with van der Waals surface area (Å²) in [7, 11) is 0. The first kappa shape index (κ1) is 14.4. The minimum Gasteiger partial charge on any atom is -0.454 e. The van der Waals surface area contributed by atoms with Gasteiger partial charge in [-0.05, 0) is 12.8 Å². The molecule has 0 saturated heterocycles. The molecule has 0 aliphatic heterocycles. The molecule has 1 atom stereocenters. The van der Waals surface area contributed by atoms with E-state index in [0.717, 1.165) is 19.3 Å². The highest BCUT2D eigenvalue weighted by atomic mass is 35.5. The van der Waals surface area contributed by atoms with E-state index in [2.05, 4.69) is 4.74 Å². The lowest BCUT2D eigenvalue weighted by Gasteiger charge is -2.28. The molecule has 98 valence electrons. The molecule has 17 heavy (non-hydrogen) atoms. The van der Waals surface area contributed by atoms with Crippen molar-refractivity contribution >= 4 is 17.6 Å². The molecule has 0 aromatic rings. The highest BCUT2D eigenvalue weighted by Gasteiger charge is 2.33. The first-order valence-corrected chi connectivity index (χ1v) is 6.05. The first-order chi connectivity index (χ1) is 8.06. The van der Waals surface area contributed by atoms with E-state index in [9.17, 15) is 18.0 Å². The van der Waals surface area contributed by atoms with E-state index >= 15 is 0 Å². The Morgan fingerprint density at radius 2 is 1.82 bits per heavy atom. The molecular formula is C11H14ClF3O2. The number of alkyl halides is 1. The average Bonchev–Trinajstić information content (AvgIpc) is 2.35. The molecule has 1 aliphatic rings. The number of halogens is 4. The van der Waals surface area contributed by atoms with Crippen molar-refractivity contribution < 1.29 is 22.7 Å². The molecule has 0 bridgehead atoms. The average molecular weight is 271 g/mol. The van der Waals surface area contributed by atoms with Gasteiger partial charge in [-0.1, -0.05) is 19.3 Å². The Morgan fingerprint density at radius 1 is 1.24 bits per heavy atom. The van der Waals surface area contributed by atoms with Gasteiger partial charge in [0.1, 0.15) is 5.88 Å². The van der Waals surface area contributed by atoms with E-state index in [1.807, 2.05) is 0 Å². The van der Waals surface area contributed by atoms with Crippen molar-refractivity contribution in [2.24, 2.45) is 5.92 Å². The summed E-state index contributed by atoms with van der Waals surface area (Å²) in [5, 5.41) is 0. The smallest absolute Gasteiger partial charge is 0.321 e. The predicted molar refractivity (Wildman–Crippen MR) is 57.5 cm³/mol. The van der Waals surface area contributed by atoms with Crippen molar-refractivity contribution in [1.82, 2.24) is 0 Å². The summed E-state index contributed by atoms with van der Waals surface area (Å²) >= 11 is 5.22. The van der Waals surface area contributed by atoms with Crippen LogP contribution in [0.3, 0.4) is 0 Å². The molecule has 0 N–H and O–H groups in total. The molecule has 0 amide bonds. The van der Waals surface area contributed by atoms with Crippen molar-refractivity contribution in [3.63, 3.8) is 0 Å². The summed E-state index contributed by atoms with van der Waals surface area (Å²) in [5.41, 5.74) is 0. The van der Waals surface area contributed by atoms with Gasteiger partial charge in [-0.15, -0.1) is 11.6 Å². The lowest BCUT2D eigenvalue weighted by atomic mass is 9.85. The number of hydrogen-bond donors (Lipinski definition) is 0.